The Morgan fingerprint density at radius 3 is 2.92 bits per heavy atom. The van der Waals surface area contributed by atoms with Gasteiger partial charge in [0.15, 0.2) is 11.5 Å². The van der Waals surface area contributed by atoms with Crippen LogP contribution in [0.15, 0.2) is 16.5 Å². The number of hydrogen-bond acceptors (Lipinski definition) is 4. The van der Waals surface area contributed by atoms with E-state index in [0.29, 0.717) is 17.4 Å². The first-order valence-electron chi connectivity index (χ1n) is 4.36. The van der Waals surface area contributed by atoms with Crippen molar-refractivity contribution in [2.75, 3.05) is 5.73 Å². The number of rotatable bonds is 1. The van der Waals surface area contributed by atoms with E-state index >= 15 is 0 Å². The normalized spacial score (nSPS) is 16.6. The van der Waals surface area contributed by atoms with Gasteiger partial charge in [0.25, 0.3) is 0 Å². The van der Waals surface area contributed by atoms with Gasteiger partial charge in [0.1, 0.15) is 5.82 Å². The Morgan fingerprint density at radius 1 is 1.31 bits per heavy atom. The van der Waals surface area contributed by atoms with Crippen molar-refractivity contribution in [2.45, 2.75) is 18.8 Å². The molecule has 0 spiro atoms. The number of pyridine rings is 1. The standard InChI is InChI=1S/C9H9N3O/c10-7-4-3-6-8(11-7)12-9(13-6)5-1-2-5/h3-5H,1-2H2,(H2,10,11). The molecule has 0 aromatic carbocycles. The summed E-state index contributed by atoms with van der Waals surface area (Å²) >= 11 is 0. The number of fused-ring (bicyclic) bond motifs is 1. The fourth-order valence-electron chi connectivity index (χ4n) is 1.35. The average molecular weight is 175 g/mol. The number of nitrogens with two attached hydrogens (primary N) is 1. The third-order valence-electron chi connectivity index (χ3n) is 2.22. The molecule has 0 saturated heterocycles. The molecule has 66 valence electrons. The molecule has 2 heterocycles. The van der Waals surface area contributed by atoms with Crippen LogP contribution in [0, 0.1) is 0 Å². The zero-order valence-corrected chi connectivity index (χ0v) is 7.03. The minimum atomic E-state index is 0.489. The molecule has 4 nitrogen and oxygen atoms in total. The molecule has 1 aliphatic carbocycles. The largest absolute Gasteiger partial charge is 0.439 e. The molecule has 13 heavy (non-hydrogen) atoms. The number of hydrogen-bond donors (Lipinski definition) is 1. The van der Waals surface area contributed by atoms with Crippen molar-refractivity contribution in [3.05, 3.63) is 18.0 Å². The van der Waals surface area contributed by atoms with Crippen molar-refractivity contribution in [1.82, 2.24) is 9.97 Å². The van der Waals surface area contributed by atoms with Crippen molar-refractivity contribution in [3.63, 3.8) is 0 Å². The lowest BCUT2D eigenvalue weighted by Gasteiger charge is -1.87. The van der Waals surface area contributed by atoms with Crippen LogP contribution < -0.4 is 5.73 Å². The molecule has 3 rings (SSSR count). The fraction of sp³-hybridized carbons (Fsp3) is 0.333. The summed E-state index contributed by atoms with van der Waals surface area (Å²) in [6.07, 6.45) is 2.37. The van der Waals surface area contributed by atoms with Crippen LogP contribution in [-0.2, 0) is 0 Å². The Bertz CT molecular complexity index is 459. The molecular formula is C9H9N3O. The molecule has 1 fully saturated rings. The molecule has 0 amide bonds. The highest BCUT2D eigenvalue weighted by Gasteiger charge is 2.29. The predicted molar refractivity (Wildman–Crippen MR) is 48.2 cm³/mol. The van der Waals surface area contributed by atoms with E-state index in [9.17, 15) is 0 Å². The van der Waals surface area contributed by atoms with Gasteiger partial charge in [-0.1, -0.05) is 0 Å². The van der Waals surface area contributed by atoms with E-state index in [1.807, 2.05) is 6.07 Å². The Morgan fingerprint density at radius 2 is 2.15 bits per heavy atom. The number of nitrogens with zero attached hydrogens (tertiary/aromatic N) is 2. The van der Waals surface area contributed by atoms with Crippen molar-refractivity contribution in [1.29, 1.82) is 0 Å². The van der Waals surface area contributed by atoms with Crippen LogP contribution in [0.4, 0.5) is 5.82 Å². The summed E-state index contributed by atoms with van der Waals surface area (Å²) in [5.74, 6) is 1.83. The molecule has 4 heteroatoms. The van der Waals surface area contributed by atoms with Gasteiger partial charge in [0.2, 0.25) is 5.65 Å². The summed E-state index contributed by atoms with van der Waals surface area (Å²) in [6.45, 7) is 0. The summed E-state index contributed by atoms with van der Waals surface area (Å²) in [7, 11) is 0. The van der Waals surface area contributed by atoms with Gasteiger partial charge < -0.3 is 10.2 Å². The van der Waals surface area contributed by atoms with E-state index in [1.165, 1.54) is 12.8 Å². The first kappa shape index (κ1) is 6.88. The number of aromatic nitrogens is 2. The maximum atomic E-state index is 5.53. The van der Waals surface area contributed by atoms with E-state index in [4.69, 9.17) is 10.2 Å². The van der Waals surface area contributed by atoms with Crippen LogP contribution >= 0.6 is 0 Å². The van der Waals surface area contributed by atoms with E-state index < -0.39 is 0 Å². The molecule has 1 aliphatic rings. The molecular weight excluding hydrogens is 166 g/mol. The van der Waals surface area contributed by atoms with Crippen LogP contribution in [0.5, 0.6) is 0 Å². The number of oxazole rings is 1. The summed E-state index contributed by atoms with van der Waals surface area (Å²) in [4.78, 5) is 8.36. The van der Waals surface area contributed by atoms with Crippen LogP contribution in [0.2, 0.25) is 0 Å². The summed E-state index contributed by atoms with van der Waals surface area (Å²) in [5.41, 5.74) is 6.89. The average Bonchev–Trinajstić information content (AvgIpc) is 2.87. The first-order chi connectivity index (χ1) is 6.33. The lowest BCUT2D eigenvalue weighted by molar-refractivity contribution is 0.533. The lowest BCUT2D eigenvalue weighted by Crippen LogP contribution is -1.88. The van der Waals surface area contributed by atoms with Gasteiger partial charge >= 0.3 is 0 Å². The molecule has 2 N–H and O–H groups in total. The highest BCUT2D eigenvalue weighted by atomic mass is 16.3. The summed E-state index contributed by atoms with van der Waals surface area (Å²) in [6, 6.07) is 3.54. The maximum absolute atomic E-state index is 5.53. The van der Waals surface area contributed by atoms with Crippen molar-refractivity contribution in [3.8, 4) is 0 Å². The summed E-state index contributed by atoms with van der Waals surface area (Å²) in [5, 5.41) is 0. The molecule has 2 aromatic rings. The Hall–Kier alpha value is -1.58. The molecule has 0 atom stereocenters. The zero-order valence-electron chi connectivity index (χ0n) is 7.03. The molecule has 1 saturated carbocycles. The first-order valence-corrected chi connectivity index (χ1v) is 4.36. The summed E-state index contributed by atoms with van der Waals surface area (Å²) < 4.78 is 5.52. The van der Waals surface area contributed by atoms with Crippen molar-refractivity contribution in [2.24, 2.45) is 0 Å². The second-order valence-corrected chi connectivity index (χ2v) is 3.38. The van der Waals surface area contributed by atoms with Gasteiger partial charge in [-0.25, -0.2) is 4.98 Å². The second-order valence-electron chi connectivity index (χ2n) is 3.38. The van der Waals surface area contributed by atoms with E-state index in [0.717, 1.165) is 11.5 Å². The highest BCUT2D eigenvalue weighted by molar-refractivity contribution is 5.69. The van der Waals surface area contributed by atoms with Gasteiger partial charge in [-0.2, -0.15) is 4.98 Å². The van der Waals surface area contributed by atoms with Crippen LogP contribution in [0.1, 0.15) is 24.7 Å². The van der Waals surface area contributed by atoms with Gasteiger partial charge in [-0.3, -0.25) is 0 Å². The van der Waals surface area contributed by atoms with Gasteiger partial charge in [-0.05, 0) is 25.0 Å². The van der Waals surface area contributed by atoms with E-state index in [2.05, 4.69) is 9.97 Å². The molecule has 0 unspecified atom stereocenters. The topological polar surface area (TPSA) is 64.9 Å². The Labute approximate surface area is 74.8 Å². The second kappa shape index (κ2) is 2.22. The monoisotopic (exact) mass is 175 g/mol. The molecule has 2 aromatic heterocycles. The molecule has 0 aliphatic heterocycles. The highest BCUT2D eigenvalue weighted by Crippen LogP contribution is 2.40. The molecule has 0 bridgehead atoms. The number of anilines is 1. The Balaban J connectivity index is 2.20. The molecule has 0 radical (unpaired) electrons. The van der Waals surface area contributed by atoms with Crippen LogP contribution in [0.25, 0.3) is 11.2 Å². The van der Waals surface area contributed by atoms with E-state index in [-0.39, 0.29) is 0 Å². The number of nitrogen functional groups attached to an aromatic ring is 1. The fourth-order valence-corrected chi connectivity index (χ4v) is 1.35. The third kappa shape index (κ3) is 1.06. The maximum Gasteiger partial charge on any atom is 0.200 e. The van der Waals surface area contributed by atoms with E-state index in [1.54, 1.807) is 6.07 Å². The third-order valence-corrected chi connectivity index (χ3v) is 2.22. The van der Waals surface area contributed by atoms with Crippen LogP contribution in [-0.4, -0.2) is 9.97 Å². The van der Waals surface area contributed by atoms with Crippen molar-refractivity contribution < 1.29 is 4.42 Å². The SMILES string of the molecule is Nc1ccc2oc(C3CC3)nc2n1. The zero-order chi connectivity index (χ0) is 8.84. The smallest absolute Gasteiger partial charge is 0.200 e. The predicted octanol–water partition coefficient (Wildman–Crippen LogP) is 1.68. The minimum absolute atomic E-state index is 0.489. The van der Waals surface area contributed by atoms with Gasteiger partial charge in [0, 0.05) is 5.92 Å². The van der Waals surface area contributed by atoms with Gasteiger partial charge in [0.05, 0.1) is 0 Å². The lowest BCUT2D eigenvalue weighted by atomic mass is 10.4. The van der Waals surface area contributed by atoms with Crippen LogP contribution in [0.3, 0.4) is 0 Å². The van der Waals surface area contributed by atoms with Crippen molar-refractivity contribution >= 4 is 17.0 Å². The minimum Gasteiger partial charge on any atom is -0.439 e. The van der Waals surface area contributed by atoms with Gasteiger partial charge in [-0.15, -0.1) is 0 Å². The Kier molecular flexibility index (Phi) is 1.17. The quantitative estimate of drug-likeness (QED) is 0.716.